The molecule has 0 bridgehead atoms. The summed E-state index contributed by atoms with van der Waals surface area (Å²) in [5.74, 6) is -2.87. The first-order chi connectivity index (χ1) is 16.5. The van der Waals surface area contributed by atoms with E-state index in [1.807, 2.05) is 36.4 Å². The summed E-state index contributed by atoms with van der Waals surface area (Å²) in [6.07, 6.45) is 8.25. The van der Waals surface area contributed by atoms with Gasteiger partial charge in [0.1, 0.15) is 24.2 Å². The molecule has 5 rings (SSSR count). The Hall–Kier alpha value is -2.97. The molecule has 0 aromatic heterocycles. The maximum Gasteiger partial charge on any atom is 0.313 e. The van der Waals surface area contributed by atoms with Crippen molar-refractivity contribution in [2.75, 3.05) is 26.3 Å². The highest BCUT2D eigenvalue weighted by Crippen LogP contribution is 2.55. The van der Waals surface area contributed by atoms with E-state index in [0.29, 0.717) is 13.1 Å². The van der Waals surface area contributed by atoms with Crippen LogP contribution >= 0.6 is 0 Å². The predicted octanol–water partition coefficient (Wildman–Crippen LogP) is 1.61. The zero-order valence-corrected chi connectivity index (χ0v) is 19.2. The van der Waals surface area contributed by atoms with Gasteiger partial charge in [0, 0.05) is 13.1 Å². The van der Waals surface area contributed by atoms with Crippen molar-refractivity contribution < 1.29 is 29.0 Å². The molecule has 8 heteroatoms. The molecule has 1 spiro atoms. The van der Waals surface area contributed by atoms with Gasteiger partial charge in [0.15, 0.2) is 0 Å². The Morgan fingerprint density at radius 1 is 1.15 bits per heavy atom. The van der Waals surface area contributed by atoms with Crippen molar-refractivity contribution >= 4 is 17.8 Å². The number of aliphatic hydroxyl groups excluding tert-OH is 1. The monoisotopic (exact) mass is 466 g/mol. The first-order valence-electron chi connectivity index (χ1n) is 12.0. The van der Waals surface area contributed by atoms with Crippen molar-refractivity contribution in [3.63, 3.8) is 0 Å². The summed E-state index contributed by atoms with van der Waals surface area (Å²) in [5, 5.41) is 10.4. The number of ether oxygens (including phenoxy) is 2. The third-order valence-corrected chi connectivity index (χ3v) is 7.41. The third-order valence-electron chi connectivity index (χ3n) is 7.41. The zero-order valence-electron chi connectivity index (χ0n) is 19.2. The lowest BCUT2D eigenvalue weighted by Crippen LogP contribution is -2.56. The van der Waals surface area contributed by atoms with Crippen LogP contribution in [-0.4, -0.2) is 76.7 Å². The molecule has 8 nitrogen and oxygen atoms in total. The van der Waals surface area contributed by atoms with Gasteiger partial charge in [-0.15, -0.1) is 0 Å². The van der Waals surface area contributed by atoms with Gasteiger partial charge in [-0.05, 0) is 18.1 Å². The van der Waals surface area contributed by atoms with Crippen molar-refractivity contribution in [3.05, 3.63) is 60.2 Å². The highest BCUT2D eigenvalue weighted by molar-refractivity contribution is 5.99. The number of cyclic esters (lactones) is 1. The minimum atomic E-state index is -1.31. The molecule has 34 heavy (non-hydrogen) atoms. The van der Waals surface area contributed by atoms with Gasteiger partial charge in [-0.2, -0.15) is 0 Å². The van der Waals surface area contributed by atoms with E-state index in [4.69, 9.17) is 9.47 Å². The second kappa shape index (κ2) is 9.00. The number of carbonyl (C=O) groups is 3. The van der Waals surface area contributed by atoms with E-state index in [0.717, 1.165) is 18.4 Å². The van der Waals surface area contributed by atoms with Crippen molar-refractivity contribution in [2.24, 2.45) is 11.8 Å². The Morgan fingerprint density at radius 2 is 1.94 bits per heavy atom. The molecule has 0 radical (unpaired) electrons. The van der Waals surface area contributed by atoms with Crippen LogP contribution in [0, 0.1) is 11.8 Å². The molecule has 0 aliphatic carbocycles. The number of likely N-dealkylation sites (tertiary alicyclic amines) is 1. The highest BCUT2D eigenvalue weighted by atomic mass is 16.6. The summed E-state index contributed by atoms with van der Waals surface area (Å²) >= 11 is 0. The summed E-state index contributed by atoms with van der Waals surface area (Å²) < 4.78 is 11.8. The largest absolute Gasteiger partial charge is 0.461 e. The number of fused-ring (bicyclic) bond motifs is 2. The standard InChI is InChI=1S/C26H30N2O6/c1-2-3-13-27-14-8-12-26-21(20-19(34-26)11-7-15-33-25(20)32)23(30)28(22(26)24(27)31)18(16-29)17-9-5-4-6-10-17/h4-12,18-22,29H,2-3,13-16H2,1H3/t18-,19+,20-,21+,22?,26+/m1/s1. The molecule has 1 aromatic rings. The molecule has 2 saturated heterocycles. The number of hydrogen-bond acceptors (Lipinski definition) is 6. The van der Waals surface area contributed by atoms with Gasteiger partial charge >= 0.3 is 5.97 Å². The summed E-state index contributed by atoms with van der Waals surface area (Å²) in [6.45, 7) is 2.78. The lowest BCUT2D eigenvalue weighted by molar-refractivity contribution is -0.155. The van der Waals surface area contributed by atoms with Gasteiger partial charge < -0.3 is 24.4 Å². The second-order valence-corrected chi connectivity index (χ2v) is 9.29. The van der Waals surface area contributed by atoms with Gasteiger partial charge in [-0.25, -0.2) is 0 Å². The van der Waals surface area contributed by atoms with Gasteiger partial charge in [0.25, 0.3) is 0 Å². The summed E-state index contributed by atoms with van der Waals surface area (Å²) in [4.78, 5) is 44.3. The number of nitrogens with zero attached hydrogens (tertiary/aromatic N) is 2. The van der Waals surface area contributed by atoms with Crippen molar-refractivity contribution in [3.8, 4) is 0 Å². The first kappa shape index (κ1) is 22.8. The minimum Gasteiger partial charge on any atom is -0.461 e. The van der Waals surface area contributed by atoms with Crippen LogP contribution in [-0.2, 0) is 23.9 Å². The molecule has 1 N–H and O–H groups in total. The molecule has 1 unspecified atom stereocenters. The molecular formula is C26H30N2O6. The van der Waals surface area contributed by atoms with Crippen molar-refractivity contribution in [1.29, 1.82) is 0 Å². The number of carbonyl (C=O) groups excluding carboxylic acids is 3. The van der Waals surface area contributed by atoms with E-state index in [9.17, 15) is 19.5 Å². The normalized spacial score (nSPS) is 33.2. The van der Waals surface area contributed by atoms with Gasteiger partial charge in [0.05, 0.1) is 24.7 Å². The first-order valence-corrected chi connectivity index (χ1v) is 12.0. The van der Waals surface area contributed by atoms with E-state index in [2.05, 4.69) is 6.92 Å². The van der Waals surface area contributed by atoms with Crippen LogP contribution in [0.3, 0.4) is 0 Å². The fraction of sp³-hybridized carbons (Fsp3) is 0.500. The lowest BCUT2D eigenvalue weighted by Gasteiger charge is -2.38. The van der Waals surface area contributed by atoms with Crippen LogP contribution in [0.25, 0.3) is 0 Å². The second-order valence-electron chi connectivity index (χ2n) is 9.29. The van der Waals surface area contributed by atoms with Crippen LogP contribution < -0.4 is 0 Å². The Bertz CT molecular complexity index is 1020. The Labute approximate surface area is 198 Å². The van der Waals surface area contributed by atoms with E-state index in [1.54, 1.807) is 23.1 Å². The van der Waals surface area contributed by atoms with Crippen LogP contribution in [0.15, 0.2) is 54.6 Å². The summed E-state index contributed by atoms with van der Waals surface area (Å²) in [5.41, 5.74) is -0.595. The maximum absolute atomic E-state index is 14.1. The number of hydrogen-bond donors (Lipinski definition) is 1. The molecule has 4 heterocycles. The topological polar surface area (TPSA) is 96.4 Å². The van der Waals surface area contributed by atoms with E-state index in [1.165, 1.54) is 4.90 Å². The predicted molar refractivity (Wildman–Crippen MR) is 122 cm³/mol. The average molecular weight is 467 g/mol. The number of unbranched alkanes of at least 4 members (excludes halogenated alkanes) is 1. The van der Waals surface area contributed by atoms with E-state index in [-0.39, 0.29) is 25.0 Å². The van der Waals surface area contributed by atoms with E-state index < -0.39 is 41.6 Å². The van der Waals surface area contributed by atoms with Gasteiger partial charge in [-0.1, -0.05) is 61.9 Å². The van der Waals surface area contributed by atoms with Crippen LogP contribution in [0.1, 0.15) is 31.4 Å². The fourth-order valence-electron chi connectivity index (χ4n) is 5.87. The SMILES string of the molecule is CCCCN1CC=C[C@]23O[C@H]4C=CCOC(=O)[C@H]4[C@H]2C(=O)N([C@H](CO)c2ccccc2)C3C1=O. The lowest BCUT2D eigenvalue weighted by atomic mass is 9.78. The fourth-order valence-corrected chi connectivity index (χ4v) is 5.87. The van der Waals surface area contributed by atoms with Gasteiger partial charge in [-0.3, -0.25) is 14.4 Å². The molecule has 6 atom stereocenters. The molecule has 0 saturated carbocycles. The number of amides is 2. The minimum absolute atomic E-state index is 0.124. The average Bonchev–Trinajstić information content (AvgIpc) is 3.15. The summed E-state index contributed by atoms with van der Waals surface area (Å²) in [6, 6.07) is 7.43. The molecule has 2 fully saturated rings. The quantitative estimate of drug-likeness (QED) is 0.506. The van der Waals surface area contributed by atoms with E-state index >= 15 is 0 Å². The maximum atomic E-state index is 14.1. The molecule has 2 amide bonds. The molecular weight excluding hydrogens is 436 g/mol. The molecule has 1 aromatic carbocycles. The summed E-state index contributed by atoms with van der Waals surface area (Å²) in [7, 11) is 0. The number of aliphatic hydroxyl groups is 1. The highest BCUT2D eigenvalue weighted by Gasteiger charge is 2.72. The molecule has 4 aliphatic heterocycles. The Morgan fingerprint density at radius 3 is 2.68 bits per heavy atom. The number of esters is 1. The smallest absolute Gasteiger partial charge is 0.313 e. The third kappa shape index (κ3) is 3.39. The van der Waals surface area contributed by atoms with Crippen LogP contribution in [0.5, 0.6) is 0 Å². The van der Waals surface area contributed by atoms with Crippen molar-refractivity contribution in [1.82, 2.24) is 9.80 Å². The van der Waals surface area contributed by atoms with Gasteiger partial charge in [0.2, 0.25) is 11.8 Å². The molecule has 4 aliphatic rings. The zero-order chi connectivity index (χ0) is 23.9. The molecule has 180 valence electrons. The number of rotatable bonds is 6. The van der Waals surface area contributed by atoms with Crippen LogP contribution in [0.2, 0.25) is 0 Å². The van der Waals surface area contributed by atoms with Crippen LogP contribution in [0.4, 0.5) is 0 Å². The number of benzene rings is 1. The Kier molecular flexibility index (Phi) is 6.04. The Balaban J connectivity index is 1.64. The van der Waals surface area contributed by atoms with Crippen molar-refractivity contribution in [2.45, 2.75) is 43.6 Å².